The maximum Gasteiger partial charge on any atom is 0.119 e. The van der Waals surface area contributed by atoms with Crippen molar-refractivity contribution in [1.29, 1.82) is 0 Å². The summed E-state index contributed by atoms with van der Waals surface area (Å²) in [6.07, 6.45) is 12.5. The summed E-state index contributed by atoms with van der Waals surface area (Å²) in [6, 6.07) is 60.2. The molecule has 1 N–H and O–H groups in total. The molecule has 0 amide bonds. The summed E-state index contributed by atoms with van der Waals surface area (Å²) in [7, 11) is 0. The molecular formula is C52H37N5. The molecular weight excluding hydrogens is 695 g/mol. The van der Waals surface area contributed by atoms with Crippen LogP contribution in [-0.4, -0.2) is 21.8 Å². The number of pyridine rings is 1. The average Bonchev–Trinajstić information content (AvgIpc) is 3.90. The fourth-order valence-electron chi connectivity index (χ4n) is 10.2. The number of dihydropyridines is 1. The molecule has 1 aliphatic carbocycles. The van der Waals surface area contributed by atoms with Crippen LogP contribution in [0.25, 0.3) is 33.8 Å². The van der Waals surface area contributed by atoms with Crippen LogP contribution in [0.4, 0.5) is 17.2 Å². The van der Waals surface area contributed by atoms with Crippen LogP contribution in [0.15, 0.2) is 199 Å². The van der Waals surface area contributed by atoms with Crippen molar-refractivity contribution in [2.75, 3.05) is 10.2 Å². The normalized spacial score (nSPS) is 19.3. The molecule has 4 aliphatic rings. The third kappa shape index (κ3) is 4.57. The number of fused-ring (bicyclic) bond motifs is 9. The van der Waals surface area contributed by atoms with Gasteiger partial charge in [-0.3, -0.25) is 14.5 Å². The second kappa shape index (κ2) is 12.4. The molecule has 3 unspecified atom stereocenters. The van der Waals surface area contributed by atoms with Crippen LogP contribution >= 0.6 is 0 Å². The molecule has 3 atom stereocenters. The van der Waals surface area contributed by atoms with Crippen molar-refractivity contribution < 1.29 is 0 Å². The van der Waals surface area contributed by atoms with Gasteiger partial charge < -0.3 is 10.2 Å². The van der Waals surface area contributed by atoms with Gasteiger partial charge in [-0.15, -0.1) is 0 Å². The molecule has 0 fully saturated rings. The van der Waals surface area contributed by atoms with E-state index in [9.17, 15) is 0 Å². The Hall–Kier alpha value is -7.24. The minimum Gasteiger partial charge on any atom is -0.360 e. The number of para-hydroxylation sites is 1. The van der Waals surface area contributed by atoms with Gasteiger partial charge in [0, 0.05) is 46.5 Å². The molecule has 0 spiro atoms. The highest BCUT2D eigenvalue weighted by atomic mass is 15.2. The lowest BCUT2D eigenvalue weighted by Crippen LogP contribution is -2.31. The Morgan fingerprint density at radius 3 is 2.04 bits per heavy atom. The summed E-state index contributed by atoms with van der Waals surface area (Å²) in [6.45, 7) is 0. The molecule has 5 heterocycles. The largest absolute Gasteiger partial charge is 0.360 e. The highest BCUT2D eigenvalue weighted by Gasteiger charge is 2.52. The van der Waals surface area contributed by atoms with E-state index in [1.165, 1.54) is 66.7 Å². The van der Waals surface area contributed by atoms with Crippen LogP contribution in [0.2, 0.25) is 0 Å². The Morgan fingerprint density at radius 1 is 0.614 bits per heavy atom. The van der Waals surface area contributed by atoms with Gasteiger partial charge >= 0.3 is 0 Å². The first-order valence-electron chi connectivity index (χ1n) is 19.8. The molecule has 0 bridgehead atoms. The quantitative estimate of drug-likeness (QED) is 0.192. The number of aromatic nitrogens is 2. The van der Waals surface area contributed by atoms with Crippen LogP contribution in [0.3, 0.4) is 0 Å². The van der Waals surface area contributed by atoms with Crippen LogP contribution in [0.1, 0.15) is 45.5 Å². The van der Waals surface area contributed by atoms with E-state index in [1.54, 1.807) is 0 Å². The monoisotopic (exact) mass is 731 g/mol. The summed E-state index contributed by atoms with van der Waals surface area (Å²) in [5.41, 5.74) is 15.5. The highest BCUT2D eigenvalue weighted by Crippen LogP contribution is 2.60. The van der Waals surface area contributed by atoms with Crippen molar-refractivity contribution in [3.05, 3.63) is 227 Å². The maximum atomic E-state index is 4.80. The van der Waals surface area contributed by atoms with Crippen LogP contribution < -0.4 is 10.2 Å². The lowest BCUT2D eigenvalue weighted by Gasteiger charge is -2.37. The van der Waals surface area contributed by atoms with E-state index in [4.69, 9.17) is 4.99 Å². The van der Waals surface area contributed by atoms with Gasteiger partial charge in [0.15, 0.2) is 0 Å². The topological polar surface area (TPSA) is 45.5 Å². The first-order valence-corrected chi connectivity index (χ1v) is 19.8. The van der Waals surface area contributed by atoms with E-state index in [-0.39, 0.29) is 18.1 Å². The predicted molar refractivity (Wildman–Crippen MR) is 233 cm³/mol. The Balaban J connectivity index is 0.952. The van der Waals surface area contributed by atoms with Crippen molar-refractivity contribution in [3.63, 3.8) is 0 Å². The lowest BCUT2D eigenvalue weighted by atomic mass is 9.67. The zero-order valence-electron chi connectivity index (χ0n) is 31.1. The second-order valence-corrected chi connectivity index (χ2v) is 15.4. The Bertz CT molecular complexity index is 2900. The van der Waals surface area contributed by atoms with Gasteiger partial charge in [-0.2, -0.15) is 0 Å². The third-order valence-electron chi connectivity index (χ3n) is 12.6. The molecule has 0 radical (unpaired) electrons. The smallest absolute Gasteiger partial charge is 0.119 e. The van der Waals surface area contributed by atoms with Crippen molar-refractivity contribution in [1.82, 2.24) is 9.55 Å². The highest BCUT2D eigenvalue weighted by molar-refractivity contribution is 6.00. The molecule has 57 heavy (non-hydrogen) atoms. The van der Waals surface area contributed by atoms with Gasteiger partial charge in [0.1, 0.15) is 11.9 Å². The first-order chi connectivity index (χ1) is 28.3. The van der Waals surface area contributed by atoms with Crippen LogP contribution in [-0.2, 0) is 5.41 Å². The SMILES string of the molecule is C1=CC2C(N=C1)c1cnccc1N2c1ccc(-c2ccc(-n3c4c(c5ccccc53)C=C3C(N4)c4ccccc4C3(c3ccccc3)c3ccccc3)cc2)cc1. The minimum atomic E-state index is -0.438. The van der Waals surface area contributed by atoms with E-state index >= 15 is 0 Å². The number of aliphatic imine (C=N–C) groups is 1. The fraction of sp³-hybridized carbons (Fsp3) is 0.0769. The molecule has 5 heteroatoms. The number of anilines is 3. The van der Waals surface area contributed by atoms with Crippen LogP contribution in [0.5, 0.6) is 0 Å². The van der Waals surface area contributed by atoms with E-state index < -0.39 is 5.41 Å². The van der Waals surface area contributed by atoms with Gasteiger partial charge in [0.05, 0.1) is 28.7 Å². The van der Waals surface area contributed by atoms with E-state index in [1.807, 2.05) is 18.6 Å². The number of allylic oxidation sites excluding steroid dienone is 1. The number of hydrogen-bond donors (Lipinski definition) is 1. The molecule has 6 aromatic carbocycles. The second-order valence-electron chi connectivity index (χ2n) is 15.4. The maximum absolute atomic E-state index is 4.80. The molecule has 3 aliphatic heterocycles. The van der Waals surface area contributed by atoms with Crippen molar-refractivity contribution >= 4 is 40.4 Å². The minimum absolute atomic E-state index is 0.0000177. The molecule has 0 saturated carbocycles. The van der Waals surface area contributed by atoms with Crippen molar-refractivity contribution in [2.45, 2.75) is 23.5 Å². The standard InChI is InChI=1S/C52H37N5/c1-3-12-36(13-4-1)52(37-14-5-2-6-15-37)44-18-9-7-17-41(44)49-45(52)32-42-40-16-8-10-19-46(40)57(51(42)55-49)39-27-23-35(24-28-39)34-21-25-38(26-22-34)56-47-29-31-53-33-43(47)50-48(56)20-11-30-54-50/h1-33,48-50,55H. The first kappa shape index (κ1) is 32.0. The molecule has 2 aromatic heterocycles. The van der Waals surface area contributed by atoms with Gasteiger partial charge in [0.25, 0.3) is 0 Å². The number of nitrogens with one attached hydrogen (secondary N) is 1. The summed E-state index contributed by atoms with van der Waals surface area (Å²) >= 11 is 0. The summed E-state index contributed by atoms with van der Waals surface area (Å²) in [4.78, 5) is 11.6. The van der Waals surface area contributed by atoms with Gasteiger partial charge in [0.2, 0.25) is 0 Å². The Kier molecular flexibility index (Phi) is 6.96. The van der Waals surface area contributed by atoms with Crippen LogP contribution in [0, 0.1) is 0 Å². The van der Waals surface area contributed by atoms with Gasteiger partial charge in [-0.25, -0.2) is 0 Å². The summed E-state index contributed by atoms with van der Waals surface area (Å²) in [5.74, 6) is 1.12. The zero-order chi connectivity index (χ0) is 37.5. The summed E-state index contributed by atoms with van der Waals surface area (Å²) in [5, 5.41) is 5.38. The predicted octanol–water partition coefficient (Wildman–Crippen LogP) is 11.8. The third-order valence-corrected chi connectivity index (χ3v) is 12.6. The van der Waals surface area contributed by atoms with Crippen molar-refractivity contribution in [2.24, 2.45) is 4.99 Å². The van der Waals surface area contributed by atoms with E-state index in [0.29, 0.717) is 0 Å². The Morgan fingerprint density at radius 2 is 1.28 bits per heavy atom. The molecule has 0 saturated heterocycles. The molecule has 270 valence electrons. The average molecular weight is 732 g/mol. The Labute approximate surface area is 331 Å². The summed E-state index contributed by atoms with van der Waals surface area (Å²) < 4.78 is 2.41. The van der Waals surface area contributed by atoms with Crippen molar-refractivity contribution in [3.8, 4) is 16.8 Å². The number of hydrogen-bond acceptors (Lipinski definition) is 4. The molecule has 12 rings (SSSR count). The van der Waals surface area contributed by atoms with Gasteiger partial charge in [-0.05, 0) is 87.5 Å². The molecule has 5 nitrogen and oxygen atoms in total. The molecule has 8 aromatic rings. The van der Waals surface area contributed by atoms with E-state index in [2.05, 4.69) is 202 Å². The lowest BCUT2D eigenvalue weighted by molar-refractivity contribution is 0.666. The van der Waals surface area contributed by atoms with E-state index in [0.717, 1.165) is 17.2 Å². The number of nitrogens with zero attached hydrogens (tertiary/aromatic N) is 4. The zero-order valence-corrected chi connectivity index (χ0v) is 31.1. The number of rotatable bonds is 5. The fourth-order valence-corrected chi connectivity index (χ4v) is 10.2. The van der Waals surface area contributed by atoms with Gasteiger partial charge in [-0.1, -0.05) is 133 Å². The number of benzene rings is 6.